The number of piperidine rings is 1. The van der Waals surface area contributed by atoms with Crippen molar-refractivity contribution >= 4 is 5.91 Å². The van der Waals surface area contributed by atoms with Crippen LogP contribution in [-0.2, 0) is 16.8 Å². The molecule has 142 valence electrons. The van der Waals surface area contributed by atoms with E-state index in [0.29, 0.717) is 18.5 Å². The second kappa shape index (κ2) is 7.32. The predicted octanol–water partition coefficient (Wildman–Crippen LogP) is 2.87. The normalized spacial score (nSPS) is 23.0. The van der Waals surface area contributed by atoms with Gasteiger partial charge >= 0.3 is 0 Å². The molecule has 1 aliphatic carbocycles. The molecule has 1 saturated heterocycles. The minimum Gasteiger partial charge on any atom is -0.339 e. The van der Waals surface area contributed by atoms with Crippen LogP contribution in [0.2, 0.25) is 0 Å². The van der Waals surface area contributed by atoms with Crippen LogP contribution in [0.1, 0.15) is 50.7 Å². The summed E-state index contributed by atoms with van der Waals surface area (Å²) in [6.07, 6.45) is 5.85. The maximum Gasteiger partial charge on any atom is 0.236 e. The molecule has 2 aliphatic heterocycles. The van der Waals surface area contributed by atoms with Crippen LogP contribution < -0.4 is 0 Å². The fraction of sp³-hybridized carbons (Fsp3) is 0.682. The van der Waals surface area contributed by atoms with E-state index in [0.717, 1.165) is 45.6 Å². The molecule has 0 N–H and O–H groups in total. The number of fused-ring (bicyclic) bond motifs is 2. The minimum atomic E-state index is 0.185. The van der Waals surface area contributed by atoms with Gasteiger partial charge in [-0.25, -0.2) is 0 Å². The lowest BCUT2D eigenvalue weighted by Crippen LogP contribution is -2.57. The first-order valence-corrected chi connectivity index (χ1v) is 10.5. The lowest BCUT2D eigenvalue weighted by molar-refractivity contribution is -0.133. The van der Waals surface area contributed by atoms with Crippen molar-refractivity contribution in [1.82, 2.24) is 14.7 Å². The van der Waals surface area contributed by atoms with Crippen molar-refractivity contribution < 1.29 is 4.79 Å². The smallest absolute Gasteiger partial charge is 0.236 e. The molecule has 0 unspecified atom stereocenters. The SMILES string of the molecule is CCN(C(=O)CN1CCC2(CC1)c1ccccc1CCN2CC)C1CC1. The Kier molecular flexibility index (Phi) is 5.07. The summed E-state index contributed by atoms with van der Waals surface area (Å²) in [6, 6.07) is 9.58. The highest BCUT2D eigenvalue weighted by atomic mass is 16.2. The fourth-order valence-corrected chi connectivity index (χ4v) is 5.27. The number of hydrogen-bond acceptors (Lipinski definition) is 3. The van der Waals surface area contributed by atoms with Gasteiger partial charge in [0.25, 0.3) is 0 Å². The molecule has 4 heteroatoms. The summed E-state index contributed by atoms with van der Waals surface area (Å²) in [4.78, 5) is 19.9. The van der Waals surface area contributed by atoms with Crippen molar-refractivity contribution in [2.75, 3.05) is 39.3 Å². The molecule has 1 spiro atoms. The number of likely N-dealkylation sites (tertiary alicyclic amines) is 1. The van der Waals surface area contributed by atoms with Crippen molar-refractivity contribution in [3.05, 3.63) is 35.4 Å². The van der Waals surface area contributed by atoms with Gasteiger partial charge in [0.2, 0.25) is 5.91 Å². The van der Waals surface area contributed by atoms with Crippen molar-refractivity contribution in [1.29, 1.82) is 0 Å². The second-order valence-electron chi connectivity index (χ2n) is 8.21. The molecule has 4 nitrogen and oxygen atoms in total. The van der Waals surface area contributed by atoms with E-state index in [2.05, 4.69) is 52.8 Å². The van der Waals surface area contributed by atoms with Gasteiger partial charge in [0.1, 0.15) is 0 Å². The second-order valence-corrected chi connectivity index (χ2v) is 8.21. The highest BCUT2D eigenvalue weighted by Crippen LogP contribution is 2.43. The number of nitrogens with zero attached hydrogens (tertiary/aromatic N) is 3. The van der Waals surface area contributed by atoms with Crippen LogP contribution >= 0.6 is 0 Å². The molecule has 3 aliphatic rings. The molecule has 0 bridgehead atoms. The van der Waals surface area contributed by atoms with Gasteiger partial charge in [-0.3, -0.25) is 14.6 Å². The number of carbonyl (C=O) groups is 1. The van der Waals surface area contributed by atoms with Crippen LogP contribution in [0, 0.1) is 0 Å². The molecular formula is C22H33N3O. The van der Waals surface area contributed by atoms with Crippen LogP contribution in [0.5, 0.6) is 0 Å². The van der Waals surface area contributed by atoms with Crippen molar-refractivity contribution in [2.24, 2.45) is 0 Å². The Morgan fingerprint density at radius 3 is 2.54 bits per heavy atom. The molecule has 0 radical (unpaired) electrons. The summed E-state index contributed by atoms with van der Waals surface area (Å²) in [5.74, 6) is 0.336. The van der Waals surface area contributed by atoms with Crippen LogP contribution in [-0.4, -0.2) is 65.9 Å². The average molecular weight is 356 g/mol. The summed E-state index contributed by atoms with van der Waals surface area (Å²) >= 11 is 0. The fourth-order valence-electron chi connectivity index (χ4n) is 5.27. The molecule has 1 aromatic rings. The molecule has 2 heterocycles. The quantitative estimate of drug-likeness (QED) is 0.813. The summed E-state index contributed by atoms with van der Waals surface area (Å²) in [5, 5.41) is 0. The van der Waals surface area contributed by atoms with Gasteiger partial charge in [0.15, 0.2) is 0 Å². The Balaban J connectivity index is 1.45. The summed E-state index contributed by atoms with van der Waals surface area (Å²) in [7, 11) is 0. The van der Waals surface area contributed by atoms with Crippen LogP contribution in [0.3, 0.4) is 0 Å². The first kappa shape index (κ1) is 18.0. The van der Waals surface area contributed by atoms with Gasteiger partial charge in [-0.2, -0.15) is 0 Å². The van der Waals surface area contributed by atoms with Gasteiger partial charge in [-0.05, 0) is 56.7 Å². The first-order valence-electron chi connectivity index (χ1n) is 10.5. The molecule has 0 aromatic heterocycles. The molecule has 2 fully saturated rings. The molecule has 1 amide bonds. The number of amides is 1. The lowest BCUT2D eigenvalue weighted by atomic mass is 9.74. The molecule has 0 atom stereocenters. The van der Waals surface area contributed by atoms with Gasteiger partial charge in [-0.1, -0.05) is 31.2 Å². The van der Waals surface area contributed by atoms with E-state index in [1.807, 2.05) is 0 Å². The third-order valence-corrected chi connectivity index (χ3v) is 6.85. The zero-order valence-electron chi connectivity index (χ0n) is 16.4. The number of hydrogen-bond donors (Lipinski definition) is 0. The Morgan fingerprint density at radius 2 is 1.88 bits per heavy atom. The third kappa shape index (κ3) is 3.18. The van der Waals surface area contributed by atoms with E-state index < -0.39 is 0 Å². The van der Waals surface area contributed by atoms with E-state index in [9.17, 15) is 4.79 Å². The van der Waals surface area contributed by atoms with Gasteiger partial charge < -0.3 is 4.90 Å². The topological polar surface area (TPSA) is 26.8 Å². The van der Waals surface area contributed by atoms with E-state index >= 15 is 0 Å². The maximum absolute atomic E-state index is 12.7. The van der Waals surface area contributed by atoms with Crippen molar-refractivity contribution in [3.63, 3.8) is 0 Å². The van der Waals surface area contributed by atoms with E-state index in [1.165, 1.54) is 24.8 Å². The zero-order chi connectivity index (χ0) is 18.1. The standard InChI is InChI=1S/C22H33N3O/c1-3-24-14-11-18-7-5-6-8-20(18)22(24)12-15-23(16-13-22)17-21(26)25(4-2)19-9-10-19/h5-8,19H,3-4,9-17H2,1-2H3. The van der Waals surface area contributed by atoms with Crippen LogP contribution in [0.15, 0.2) is 24.3 Å². The lowest BCUT2D eigenvalue weighted by Gasteiger charge is -2.52. The number of carbonyl (C=O) groups excluding carboxylic acids is 1. The summed E-state index contributed by atoms with van der Waals surface area (Å²) in [6.45, 7) is 10.2. The molecule has 26 heavy (non-hydrogen) atoms. The highest BCUT2D eigenvalue weighted by Gasteiger charge is 2.44. The third-order valence-electron chi connectivity index (χ3n) is 6.85. The predicted molar refractivity (Wildman–Crippen MR) is 105 cm³/mol. The van der Waals surface area contributed by atoms with Gasteiger partial charge in [0, 0.05) is 37.8 Å². The molecular weight excluding hydrogens is 322 g/mol. The largest absolute Gasteiger partial charge is 0.339 e. The van der Waals surface area contributed by atoms with Crippen molar-refractivity contribution in [3.8, 4) is 0 Å². The van der Waals surface area contributed by atoms with E-state index in [1.54, 1.807) is 5.56 Å². The minimum absolute atomic E-state index is 0.185. The number of benzene rings is 1. The average Bonchev–Trinajstić information content (AvgIpc) is 3.50. The molecule has 1 saturated carbocycles. The Morgan fingerprint density at radius 1 is 1.15 bits per heavy atom. The highest BCUT2D eigenvalue weighted by molar-refractivity contribution is 5.79. The van der Waals surface area contributed by atoms with E-state index in [4.69, 9.17) is 0 Å². The van der Waals surface area contributed by atoms with Gasteiger partial charge in [-0.15, -0.1) is 0 Å². The van der Waals surface area contributed by atoms with Crippen LogP contribution in [0.4, 0.5) is 0 Å². The summed E-state index contributed by atoms with van der Waals surface area (Å²) in [5.41, 5.74) is 3.27. The summed E-state index contributed by atoms with van der Waals surface area (Å²) < 4.78 is 0. The van der Waals surface area contributed by atoms with Crippen LogP contribution in [0.25, 0.3) is 0 Å². The number of likely N-dealkylation sites (N-methyl/N-ethyl adjacent to an activating group) is 2. The van der Waals surface area contributed by atoms with Gasteiger partial charge in [0.05, 0.1) is 6.54 Å². The Labute approximate surface area is 158 Å². The number of rotatable bonds is 5. The molecule has 4 rings (SSSR count). The first-order chi connectivity index (χ1) is 12.7. The van der Waals surface area contributed by atoms with Crippen molar-refractivity contribution in [2.45, 2.75) is 57.5 Å². The zero-order valence-corrected chi connectivity index (χ0v) is 16.4. The Hall–Kier alpha value is -1.39. The maximum atomic E-state index is 12.7. The molecule has 1 aromatic carbocycles. The Bertz CT molecular complexity index is 647. The van der Waals surface area contributed by atoms with E-state index in [-0.39, 0.29) is 5.54 Å². The monoisotopic (exact) mass is 355 g/mol.